The molecule has 7 nitrogen and oxygen atoms in total. The summed E-state index contributed by atoms with van der Waals surface area (Å²) in [4.78, 5) is 39.2. The fourth-order valence-corrected chi connectivity index (χ4v) is 6.26. The average molecular weight is 501 g/mol. The van der Waals surface area contributed by atoms with Crippen LogP contribution < -0.4 is 5.32 Å². The van der Waals surface area contributed by atoms with Crippen molar-refractivity contribution in [3.63, 3.8) is 0 Å². The minimum atomic E-state index is -0.913. The van der Waals surface area contributed by atoms with Gasteiger partial charge in [-0.1, -0.05) is 69.7 Å². The third-order valence-corrected chi connectivity index (χ3v) is 8.13. The van der Waals surface area contributed by atoms with Crippen LogP contribution in [0.2, 0.25) is 0 Å². The van der Waals surface area contributed by atoms with E-state index in [0.29, 0.717) is 39.9 Å². The van der Waals surface area contributed by atoms with Crippen molar-refractivity contribution < 1.29 is 19.2 Å². The fourth-order valence-electron chi connectivity index (χ4n) is 6.26. The maximum Gasteiger partial charge on any atom is 0.337 e. The van der Waals surface area contributed by atoms with Crippen LogP contribution in [0.15, 0.2) is 65.4 Å². The normalized spacial score (nSPS) is 25.1. The number of nitro groups is 1. The van der Waals surface area contributed by atoms with Gasteiger partial charge in [-0.2, -0.15) is 0 Å². The number of ether oxygens (including phenoxy) is 1. The lowest BCUT2D eigenvalue weighted by Crippen LogP contribution is -2.38. The van der Waals surface area contributed by atoms with Crippen molar-refractivity contribution in [2.45, 2.75) is 59.0 Å². The number of hydrogen-bond donors (Lipinski definition) is 1. The topological polar surface area (TPSA) is 98.5 Å². The van der Waals surface area contributed by atoms with Gasteiger partial charge in [0.1, 0.15) is 6.10 Å². The van der Waals surface area contributed by atoms with E-state index in [1.54, 1.807) is 37.3 Å². The van der Waals surface area contributed by atoms with Crippen LogP contribution >= 0.6 is 0 Å². The highest BCUT2D eigenvalue weighted by atomic mass is 16.6. The number of esters is 1. The van der Waals surface area contributed by atoms with Crippen LogP contribution in [-0.2, 0) is 9.53 Å². The second-order valence-corrected chi connectivity index (χ2v) is 10.8. The van der Waals surface area contributed by atoms with Gasteiger partial charge in [-0.15, -0.1) is 0 Å². The van der Waals surface area contributed by atoms with Gasteiger partial charge in [0, 0.05) is 34.0 Å². The summed E-state index contributed by atoms with van der Waals surface area (Å²) in [6, 6.07) is 13.6. The highest BCUT2D eigenvalue weighted by Crippen LogP contribution is 2.49. The number of fused-ring (bicyclic) bond motifs is 2. The predicted molar refractivity (Wildman–Crippen MR) is 141 cm³/mol. The molecule has 1 fully saturated rings. The Morgan fingerprint density at radius 3 is 2.46 bits per heavy atom. The Morgan fingerprint density at radius 2 is 1.76 bits per heavy atom. The second-order valence-electron chi connectivity index (χ2n) is 10.8. The molecule has 5 rings (SSSR count). The first-order valence-corrected chi connectivity index (χ1v) is 13.0. The number of Topliss-reactive ketones (excluding diaryl/α,β-unsaturated/α-hetero) is 1. The molecule has 0 aromatic heterocycles. The highest BCUT2D eigenvalue weighted by Gasteiger charge is 2.46. The molecule has 0 saturated heterocycles. The van der Waals surface area contributed by atoms with Crippen LogP contribution in [-0.4, -0.2) is 22.8 Å². The summed E-state index contributed by atoms with van der Waals surface area (Å²) in [5, 5.41) is 15.3. The molecule has 3 aliphatic rings. The van der Waals surface area contributed by atoms with Gasteiger partial charge < -0.3 is 10.1 Å². The molecule has 0 spiro atoms. The molecular weight excluding hydrogens is 468 g/mol. The van der Waals surface area contributed by atoms with E-state index in [1.165, 1.54) is 6.07 Å². The Bertz CT molecular complexity index is 1360. The Labute approximate surface area is 216 Å². The van der Waals surface area contributed by atoms with E-state index < -0.39 is 16.8 Å². The minimum absolute atomic E-state index is 0.130. The van der Waals surface area contributed by atoms with Crippen molar-refractivity contribution >= 4 is 23.1 Å². The molecule has 7 heteroatoms. The average Bonchev–Trinajstić information content (AvgIpc) is 3.14. The Balaban J connectivity index is 1.62. The lowest BCUT2D eigenvalue weighted by atomic mass is 9.75. The first kappa shape index (κ1) is 24.9. The zero-order valence-electron chi connectivity index (χ0n) is 21.6. The van der Waals surface area contributed by atoms with E-state index >= 15 is 0 Å². The van der Waals surface area contributed by atoms with E-state index in [1.807, 2.05) is 12.1 Å². The van der Waals surface area contributed by atoms with Gasteiger partial charge in [0.05, 0.1) is 22.1 Å². The largest absolute Gasteiger partial charge is 0.459 e. The van der Waals surface area contributed by atoms with Gasteiger partial charge in [-0.05, 0) is 37.5 Å². The number of hydrogen-bond acceptors (Lipinski definition) is 6. The number of ketones is 1. The third-order valence-electron chi connectivity index (χ3n) is 8.13. The first-order valence-electron chi connectivity index (χ1n) is 13.0. The Kier molecular flexibility index (Phi) is 6.48. The molecule has 1 saturated carbocycles. The number of nitrogens with one attached hydrogen (secondary N) is 1. The molecule has 1 N–H and O–H groups in total. The number of carbonyl (C=O) groups is 2. The van der Waals surface area contributed by atoms with Crippen molar-refractivity contribution in [1.29, 1.82) is 0 Å². The van der Waals surface area contributed by atoms with Gasteiger partial charge in [0.2, 0.25) is 0 Å². The van der Waals surface area contributed by atoms with Crippen LogP contribution in [0, 0.1) is 27.9 Å². The van der Waals surface area contributed by atoms with Crippen molar-refractivity contribution in [1.82, 2.24) is 5.32 Å². The van der Waals surface area contributed by atoms with Crippen LogP contribution in [0.25, 0.3) is 5.70 Å². The van der Waals surface area contributed by atoms with Gasteiger partial charge in [0.15, 0.2) is 5.78 Å². The molecule has 37 heavy (non-hydrogen) atoms. The molecule has 2 aromatic rings. The molecule has 0 amide bonds. The summed E-state index contributed by atoms with van der Waals surface area (Å²) in [7, 11) is 0. The minimum Gasteiger partial charge on any atom is -0.459 e. The van der Waals surface area contributed by atoms with Gasteiger partial charge in [-0.25, -0.2) is 4.79 Å². The first-order chi connectivity index (χ1) is 17.7. The molecule has 0 unspecified atom stereocenters. The maximum atomic E-state index is 14.0. The second kappa shape index (κ2) is 9.61. The number of para-hydroxylation sites is 1. The SMILES string of the molecule is CC1=C(C(=O)O[C@@H]2C[C@H](C)CC[C@@H]2C(C)C)[C@H](c2ccccc2[N+](=O)[O-])C2=C(N1)c1ccccc1C2=O. The van der Waals surface area contributed by atoms with Gasteiger partial charge in [-0.3, -0.25) is 14.9 Å². The summed E-state index contributed by atoms with van der Waals surface area (Å²) in [6.07, 6.45) is 2.63. The summed E-state index contributed by atoms with van der Waals surface area (Å²) < 4.78 is 6.22. The Hall–Kier alpha value is -3.74. The molecule has 1 aliphatic heterocycles. The molecule has 2 aliphatic carbocycles. The number of dihydropyridines is 1. The molecule has 0 bridgehead atoms. The van der Waals surface area contributed by atoms with Crippen LogP contribution in [0.1, 0.15) is 74.4 Å². The molecule has 192 valence electrons. The van der Waals surface area contributed by atoms with Gasteiger partial charge >= 0.3 is 5.97 Å². The van der Waals surface area contributed by atoms with Crippen molar-refractivity contribution in [2.75, 3.05) is 0 Å². The van der Waals surface area contributed by atoms with E-state index in [0.717, 1.165) is 24.8 Å². The Morgan fingerprint density at radius 1 is 1.08 bits per heavy atom. The van der Waals surface area contributed by atoms with E-state index in [4.69, 9.17) is 4.74 Å². The quantitative estimate of drug-likeness (QED) is 0.300. The number of nitro benzene ring substituents is 1. The maximum absolute atomic E-state index is 14.0. The zero-order valence-corrected chi connectivity index (χ0v) is 21.6. The van der Waals surface area contributed by atoms with Crippen LogP contribution in [0.3, 0.4) is 0 Å². The number of nitrogens with zero attached hydrogens (tertiary/aromatic N) is 1. The van der Waals surface area contributed by atoms with Crippen molar-refractivity contribution in [3.8, 4) is 0 Å². The van der Waals surface area contributed by atoms with Crippen molar-refractivity contribution in [3.05, 3.63) is 92.2 Å². The molecule has 0 radical (unpaired) electrons. The molecule has 2 aromatic carbocycles. The highest BCUT2D eigenvalue weighted by molar-refractivity contribution is 6.23. The van der Waals surface area contributed by atoms with E-state index in [-0.39, 0.29) is 29.1 Å². The number of benzene rings is 2. The standard InChI is InChI=1S/C30H32N2O5/c1-16(2)19-14-13-17(3)15-24(19)37-30(34)25-18(4)31-28-20-9-5-6-10-21(20)29(33)27(28)26(25)22-11-7-8-12-23(22)32(35)36/h5-12,16-17,19,24,26,31H,13-15H2,1-4H3/t17-,19-,24-,26+/m1/s1. The third kappa shape index (κ3) is 4.26. The molecule has 1 heterocycles. The van der Waals surface area contributed by atoms with Crippen LogP contribution in [0.4, 0.5) is 5.69 Å². The fraction of sp³-hybridized carbons (Fsp3) is 0.400. The lowest BCUT2D eigenvalue weighted by Gasteiger charge is -2.37. The summed E-state index contributed by atoms with van der Waals surface area (Å²) >= 11 is 0. The van der Waals surface area contributed by atoms with E-state index in [9.17, 15) is 19.7 Å². The summed E-state index contributed by atoms with van der Waals surface area (Å²) in [6.45, 7) is 8.24. The lowest BCUT2D eigenvalue weighted by molar-refractivity contribution is -0.385. The zero-order chi connectivity index (χ0) is 26.4. The van der Waals surface area contributed by atoms with Crippen LogP contribution in [0.5, 0.6) is 0 Å². The van der Waals surface area contributed by atoms with Gasteiger partial charge in [0.25, 0.3) is 5.69 Å². The molecular formula is C30H32N2O5. The number of carbonyl (C=O) groups excluding carboxylic acids is 2. The number of rotatable bonds is 5. The summed E-state index contributed by atoms with van der Waals surface area (Å²) in [5.41, 5.74) is 3.19. The summed E-state index contributed by atoms with van der Waals surface area (Å²) in [5.74, 6) is -0.619. The molecule has 4 atom stereocenters. The monoisotopic (exact) mass is 500 g/mol. The predicted octanol–water partition coefficient (Wildman–Crippen LogP) is 6.17. The van der Waals surface area contributed by atoms with Crippen molar-refractivity contribution in [2.24, 2.45) is 17.8 Å². The number of allylic oxidation sites excluding steroid dienone is 2. The van der Waals surface area contributed by atoms with E-state index in [2.05, 4.69) is 26.1 Å². The smallest absolute Gasteiger partial charge is 0.337 e.